The molecule has 0 radical (unpaired) electrons. The summed E-state index contributed by atoms with van der Waals surface area (Å²) in [5.41, 5.74) is 7.55. The summed E-state index contributed by atoms with van der Waals surface area (Å²) in [6.07, 6.45) is 3.54. The topological polar surface area (TPSA) is 79.6 Å². The van der Waals surface area contributed by atoms with E-state index in [0.29, 0.717) is 5.82 Å². The summed E-state index contributed by atoms with van der Waals surface area (Å²) in [4.78, 5) is 11.1. The van der Waals surface area contributed by atoms with Crippen LogP contribution in [0.2, 0.25) is 0 Å². The first-order chi connectivity index (χ1) is 8.31. The van der Waals surface area contributed by atoms with Crippen LogP contribution in [-0.2, 0) is 0 Å². The van der Waals surface area contributed by atoms with Crippen molar-refractivity contribution in [3.63, 3.8) is 0 Å². The fourth-order valence-corrected chi connectivity index (χ4v) is 1.72. The Labute approximate surface area is 97.7 Å². The van der Waals surface area contributed by atoms with Gasteiger partial charge in [0, 0.05) is 23.6 Å². The number of hydrogen-bond donors (Lipinski definition) is 3. The minimum atomic E-state index is 0.260. The summed E-state index contributed by atoms with van der Waals surface area (Å²) in [5, 5.41) is 4.35. The van der Waals surface area contributed by atoms with Crippen molar-refractivity contribution in [3.05, 3.63) is 42.7 Å². The van der Waals surface area contributed by atoms with Crippen LogP contribution in [0, 0.1) is 0 Å². The van der Waals surface area contributed by atoms with Crippen LogP contribution in [0.25, 0.3) is 10.9 Å². The van der Waals surface area contributed by atoms with Gasteiger partial charge in [0.25, 0.3) is 0 Å². The van der Waals surface area contributed by atoms with Crippen LogP contribution in [-0.4, -0.2) is 15.0 Å². The molecule has 0 amide bonds. The van der Waals surface area contributed by atoms with Crippen LogP contribution >= 0.6 is 0 Å². The third-order valence-corrected chi connectivity index (χ3v) is 2.50. The molecule has 3 aromatic rings. The van der Waals surface area contributed by atoms with Gasteiger partial charge in [-0.15, -0.1) is 0 Å². The Morgan fingerprint density at radius 2 is 2.12 bits per heavy atom. The number of nitrogens with zero attached hydrogens (tertiary/aromatic N) is 2. The number of nitrogens with one attached hydrogen (secondary N) is 2. The van der Waals surface area contributed by atoms with Crippen molar-refractivity contribution < 1.29 is 0 Å². The standard InChI is InChI=1S/C12H11N5/c13-12-15-6-4-11(17-12)16-9-2-1-8-3-5-14-10(8)7-9/h1-7,14H,(H3,13,15,16,17). The van der Waals surface area contributed by atoms with Crippen LogP contribution in [0.5, 0.6) is 0 Å². The summed E-state index contributed by atoms with van der Waals surface area (Å²) in [7, 11) is 0. The predicted octanol–water partition coefficient (Wildman–Crippen LogP) is 2.28. The summed E-state index contributed by atoms with van der Waals surface area (Å²) in [6, 6.07) is 9.86. The minimum absolute atomic E-state index is 0.260. The highest BCUT2D eigenvalue weighted by atomic mass is 15.1. The van der Waals surface area contributed by atoms with Crippen molar-refractivity contribution in [3.8, 4) is 0 Å². The van der Waals surface area contributed by atoms with Gasteiger partial charge in [-0.25, -0.2) is 4.98 Å². The molecule has 0 aliphatic heterocycles. The summed E-state index contributed by atoms with van der Waals surface area (Å²) in [5.74, 6) is 0.944. The molecule has 5 nitrogen and oxygen atoms in total. The van der Waals surface area contributed by atoms with E-state index in [1.807, 2.05) is 30.5 Å². The molecule has 4 N–H and O–H groups in total. The van der Waals surface area contributed by atoms with E-state index in [1.54, 1.807) is 12.3 Å². The molecule has 0 saturated heterocycles. The number of rotatable bonds is 2. The Kier molecular flexibility index (Phi) is 2.15. The van der Waals surface area contributed by atoms with Gasteiger partial charge in [-0.1, -0.05) is 6.07 Å². The quantitative estimate of drug-likeness (QED) is 0.625. The first-order valence-corrected chi connectivity index (χ1v) is 5.24. The lowest BCUT2D eigenvalue weighted by molar-refractivity contribution is 1.18. The van der Waals surface area contributed by atoms with Gasteiger partial charge >= 0.3 is 0 Å². The van der Waals surface area contributed by atoms with E-state index in [-0.39, 0.29) is 5.95 Å². The maximum absolute atomic E-state index is 5.52. The van der Waals surface area contributed by atoms with E-state index in [0.717, 1.165) is 11.2 Å². The molecule has 2 heterocycles. The zero-order valence-electron chi connectivity index (χ0n) is 9.01. The summed E-state index contributed by atoms with van der Waals surface area (Å²) < 4.78 is 0. The minimum Gasteiger partial charge on any atom is -0.368 e. The molecule has 84 valence electrons. The van der Waals surface area contributed by atoms with Gasteiger partial charge in [-0.3, -0.25) is 0 Å². The van der Waals surface area contributed by atoms with E-state index >= 15 is 0 Å². The monoisotopic (exact) mass is 225 g/mol. The second kappa shape index (κ2) is 3.79. The highest BCUT2D eigenvalue weighted by Gasteiger charge is 1.99. The van der Waals surface area contributed by atoms with E-state index in [9.17, 15) is 0 Å². The molecule has 0 fully saturated rings. The normalized spacial score (nSPS) is 10.6. The van der Waals surface area contributed by atoms with Crippen LogP contribution in [0.3, 0.4) is 0 Å². The van der Waals surface area contributed by atoms with Gasteiger partial charge in [0.1, 0.15) is 5.82 Å². The van der Waals surface area contributed by atoms with Crippen LogP contribution in [0.1, 0.15) is 0 Å². The van der Waals surface area contributed by atoms with E-state index < -0.39 is 0 Å². The van der Waals surface area contributed by atoms with Crippen molar-refractivity contribution in [1.29, 1.82) is 0 Å². The fraction of sp³-hybridized carbons (Fsp3) is 0. The Morgan fingerprint density at radius 1 is 1.18 bits per heavy atom. The maximum atomic E-state index is 5.52. The number of nitrogen functional groups attached to an aromatic ring is 1. The Hall–Kier alpha value is -2.56. The summed E-state index contributed by atoms with van der Waals surface area (Å²) in [6.45, 7) is 0. The van der Waals surface area contributed by atoms with Crippen molar-refractivity contribution in [2.45, 2.75) is 0 Å². The Morgan fingerprint density at radius 3 is 3.00 bits per heavy atom. The first-order valence-electron chi connectivity index (χ1n) is 5.24. The number of hydrogen-bond acceptors (Lipinski definition) is 4. The molecule has 0 aliphatic rings. The highest BCUT2D eigenvalue weighted by molar-refractivity contribution is 5.83. The van der Waals surface area contributed by atoms with Crippen molar-refractivity contribution in [2.24, 2.45) is 0 Å². The summed E-state index contributed by atoms with van der Waals surface area (Å²) >= 11 is 0. The number of aromatic amines is 1. The number of anilines is 3. The zero-order chi connectivity index (χ0) is 11.7. The number of benzene rings is 1. The fourth-order valence-electron chi connectivity index (χ4n) is 1.72. The van der Waals surface area contributed by atoms with Gasteiger partial charge in [0.2, 0.25) is 5.95 Å². The molecule has 1 aromatic carbocycles. The molecular weight excluding hydrogens is 214 g/mol. The van der Waals surface area contributed by atoms with Gasteiger partial charge in [0.15, 0.2) is 0 Å². The molecule has 5 heteroatoms. The molecule has 0 spiro atoms. The van der Waals surface area contributed by atoms with Crippen LogP contribution < -0.4 is 11.1 Å². The van der Waals surface area contributed by atoms with Crippen molar-refractivity contribution in [1.82, 2.24) is 15.0 Å². The van der Waals surface area contributed by atoms with Gasteiger partial charge in [-0.2, -0.15) is 4.98 Å². The van der Waals surface area contributed by atoms with Crippen molar-refractivity contribution >= 4 is 28.4 Å². The largest absolute Gasteiger partial charge is 0.368 e. The molecule has 0 bridgehead atoms. The molecular formula is C12H11N5. The molecule has 0 atom stereocenters. The van der Waals surface area contributed by atoms with E-state index in [2.05, 4.69) is 20.3 Å². The van der Waals surface area contributed by atoms with Crippen LogP contribution in [0.4, 0.5) is 17.5 Å². The zero-order valence-corrected chi connectivity index (χ0v) is 9.01. The number of fused-ring (bicyclic) bond motifs is 1. The van der Waals surface area contributed by atoms with E-state index in [1.165, 1.54) is 5.39 Å². The number of H-pyrrole nitrogens is 1. The lowest BCUT2D eigenvalue weighted by Crippen LogP contribution is -1.98. The molecule has 0 saturated carbocycles. The number of aromatic nitrogens is 3. The van der Waals surface area contributed by atoms with Gasteiger partial charge < -0.3 is 16.0 Å². The number of nitrogens with two attached hydrogens (primary N) is 1. The second-order valence-electron chi connectivity index (χ2n) is 3.70. The lowest BCUT2D eigenvalue weighted by atomic mass is 10.2. The Bertz CT molecular complexity index is 659. The first kappa shape index (κ1) is 9.65. The molecule has 2 aromatic heterocycles. The van der Waals surface area contributed by atoms with E-state index in [4.69, 9.17) is 5.73 Å². The van der Waals surface area contributed by atoms with Crippen LogP contribution in [0.15, 0.2) is 42.7 Å². The molecule has 17 heavy (non-hydrogen) atoms. The van der Waals surface area contributed by atoms with Crippen molar-refractivity contribution in [2.75, 3.05) is 11.1 Å². The SMILES string of the molecule is Nc1nccc(Nc2ccc3cc[nH]c3c2)n1. The highest BCUT2D eigenvalue weighted by Crippen LogP contribution is 2.20. The predicted molar refractivity (Wildman–Crippen MR) is 68.0 cm³/mol. The average Bonchev–Trinajstić information content (AvgIpc) is 2.76. The van der Waals surface area contributed by atoms with Gasteiger partial charge in [0.05, 0.1) is 0 Å². The molecule has 0 unspecified atom stereocenters. The van der Waals surface area contributed by atoms with Gasteiger partial charge in [-0.05, 0) is 29.7 Å². The molecule has 0 aliphatic carbocycles. The molecule has 3 rings (SSSR count). The average molecular weight is 225 g/mol. The third kappa shape index (κ3) is 1.90. The lowest BCUT2D eigenvalue weighted by Gasteiger charge is -2.05. The Balaban J connectivity index is 1.94. The third-order valence-electron chi connectivity index (χ3n) is 2.50. The maximum Gasteiger partial charge on any atom is 0.221 e. The second-order valence-corrected chi connectivity index (χ2v) is 3.70. The smallest absolute Gasteiger partial charge is 0.221 e.